The number of carbonyl (C=O) groups is 2. The molecule has 1 atom stereocenters. The van der Waals surface area contributed by atoms with Crippen LogP contribution in [0, 0.1) is 0 Å². The topological polar surface area (TPSA) is 58.6 Å². The van der Waals surface area contributed by atoms with Crippen LogP contribution in [-0.4, -0.2) is 29.4 Å². The van der Waals surface area contributed by atoms with Crippen molar-refractivity contribution in [1.29, 1.82) is 0 Å². The van der Waals surface area contributed by atoms with Gasteiger partial charge in [-0.3, -0.25) is 9.59 Å². The Hall–Kier alpha value is -3.81. The number of benzene rings is 3. The van der Waals surface area contributed by atoms with Gasteiger partial charge in [0, 0.05) is 30.6 Å². The molecule has 0 fully saturated rings. The minimum atomic E-state index is -4.51. The molecule has 35 heavy (non-hydrogen) atoms. The van der Waals surface area contributed by atoms with Gasteiger partial charge in [0.25, 0.3) is 5.91 Å². The predicted octanol–water partition coefficient (Wildman–Crippen LogP) is 4.99. The lowest BCUT2D eigenvalue weighted by atomic mass is 9.82. The third-order valence-corrected chi connectivity index (χ3v) is 6.34. The molecular formula is C27H25F3N2O3. The highest BCUT2D eigenvalue weighted by Crippen LogP contribution is 2.34. The fourth-order valence-corrected chi connectivity index (χ4v) is 4.41. The Labute approximate surface area is 201 Å². The first-order chi connectivity index (χ1) is 16.6. The number of nitrogens with one attached hydrogen (secondary N) is 1. The van der Waals surface area contributed by atoms with E-state index >= 15 is 0 Å². The van der Waals surface area contributed by atoms with E-state index in [0.717, 1.165) is 17.7 Å². The molecule has 0 unspecified atom stereocenters. The number of ether oxygens (including phenoxy) is 1. The van der Waals surface area contributed by atoms with Crippen LogP contribution in [0.2, 0.25) is 0 Å². The van der Waals surface area contributed by atoms with Crippen molar-refractivity contribution in [2.24, 2.45) is 0 Å². The van der Waals surface area contributed by atoms with Crippen LogP contribution in [0.15, 0.2) is 72.8 Å². The average molecular weight is 483 g/mol. The minimum absolute atomic E-state index is 0.143. The molecule has 1 aliphatic rings. The minimum Gasteiger partial charge on any atom is -0.496 e. The molecule has 0 saturated heterocycles. The molecule has 2 amide bonds. The molecule has 0 spiro atoms. The van der Waals surface area contributed by atoms with Crippen molar-refractivity contribution in [2.45, 2.75) is 38.1 Å². The molecule has 4 rings (SSSR count). The molecule has 0 aliphatic carbocycles. The molecule has 5 nitrogen and oxygen atoms in total. The normalized spacial score (nSPS) is 17.6. The molecule has 3 aromatic rings. The summed E-state index contributed by atoms with van der Waals surface area (Å²) in [6, 6.07) is 19.1. The summed E-state index contributed by atoms with van der Waals surface area (Å²) in [5, 5.41) is 2.89. The van der Waals surface area contributed by atoms with Crippen molar-refractivity contribution in [3.8, 4) is 5.75 Å². The summed E-state index contributed by atoms with van der Waals surface area (Å²) in [5.41, 5.74) is 0.0847. The SMILES string of the molecule is COc1ccccc1CNC(=O)[C@@]1(C)Cc2ccccc2C(=O)N1Cc1cccc(C(F)(F)F)c1. The van der Waals surface area contributed by atoms with Crippen LogP contribution in [0.3, 0.4) is 0 Å². The number of amides is 2. The van der Waals surface area contributed by atoms with E-state index in [0.29, 0.717) is 16.9 Å². The van der Waals surface area contributed by atoms with Gasteiger partial charge in [0.1, 0.15) is 11.3 Å². The third-order valence-electron chi connectivity index (χ3n) is 6.34. The maximum Gasteiger partial charge on any atom is 0.416 e. The zero-order valence-electron chi connectivity index (χ0n) is 19.4. The second-order valence-electron chi connectivity index (χ2n) is 8.69. The lowest BCUT2D eigenvalue weighted by Gasteiger charge is -2.44. The van der Waals surface area contributed by atoms with Crippen LogP contribution < -0.4 is 10.1 Å². The molecule has 0 bridgehead atoms. The fourth-order valence-electron chi connectivity index (χ4n) is 4.41. The van der Waals surface area contributed by atoms with Gasteiger partial charge in [-0.1, -0.05) is 48.5 Å². The maximum atomic E-state index is 13.5. The van der Waals surface area contributed by atoms with Crippen LogP contribution >= 0.6 is 0 Å². The van der Waals surface area contributed by atoms with E-state index in [1.165, 1.54) is 24.1 Å². The summed E-state index contributed by atoms with van der Waals surface area (Å²) in [6.45, 7) is 1.67. The maximum absolute atomic E-state index is 13.5. The van der Waals surface area contributed by atoms with Gasteiger partial charge in [-0.2, -0.15) is 13.2 Å². The Morgan fingerprint density at radius 2 is 1.77 bits per heavy atom. The Morgan fingerprint density at radius 1 is 1.06 bits per heavy atom. The molecule has 0 saturated carbocycles. The number of hydrogen-bond donors (Lipinski definition) is 1. The summed E-state index contributed by atoms with van der Waals surface area (Å²) in [7, 11) is 1.54. The summed E-state index contributed by atoms with van der Waals surface area (Å²) in [5.74, 6) is -0.193. The highest BCUT2D eigenvalue weighted by molar-refractivity contribution is 6.02. The van der Waals surface area contributed by atoms with Crippen molar-refractivity contribution in [1.82, 2.24) is 10.2 Å². The van der Waals surface area contributed by atoms with Gasteiger partial charge in [0.15, 0.2) is 0 Å². The van der Waals surface area contributed by atoms with Crippen molar-refractivity contribution in [2.75, 3.05) is 7.11 Å². The molecule has 3 aromatic carbocycles. The van der Waals surface area contributed by atoms with Gasteiger partial charge in [-0.15, -0.1) is 0 Å². The van der Waals surface area contributed by atoms with Crippen LogP contribution in [0.4, 0.5) is 13.2 Å². The van der Waals surface area contributed by atoms with Crippen molar-refractivity contribution >= 4 is 11.8 Å². The Balaban J connectivity index is 1.67. The van der Waals surface area contributed by atoms with Crippen LogP contribution in [0.5, 0.6) is 5.75 Å². The number of methoxy groups -OCH3 is 1. The first kappa shape index (κ1) is 24.3. The van der Waals surface area contributed by atoms with Crippen molar-refractivity contribution in [3.05, 3.63) is 101 Å². The van der Waals surface area contributed by atoms with E-state index in [2.05, 4.69) is 5.32 Å². The third kappa shape index (κ3) is 4.87. The lowest BCUT2D eigenvalue weighted by molar-refractivity contribution is -0.137. The first-order valence-electron chi connectivity index (χ1n) is 11.1. The van der Waals surface area contributed by atoms with E-state index in [1.807, 2.05) is 18.2 Å². The van der Waals surface area contributed by atoms with Crippen LogP contribution in [0.25, 0.3) is 0 Å². The molecular weight excluding hydrogens is 457 g/mol. The number of carbonyl (C=O) groups excluding carboxylic acids is 2. The van der Waals surface area contributed by atoms with E-state index in [-0.39, 0.29) is 25.1 Å². The van der Waals surface area contributed by atoms with Gasteiger partial charge in [-0.25, -0.2) is 0 Å². The van der Waals surface area contributed by atoms with E-state index in [4.69, 9.17) is 4.74 Å². The largest absolute Gasteiger partial charge is 0.496 e. The standard InChI is InChI=1S/C27H25F3N2O3/c1-26(25(34)31-16-20-10-4-6-13-23(20)35-2)15-19-9-3-5-12-22(19)24(33)32(26)17-18-8-7-11-21(14-18)27(28,29)30/h3-14H,15-17H2,1-2H3,(H,31,34)/t26-/m1/s1. The zero-order valence-corrected chi connectivity index (χ0v) is 19.4. The Morgan fingerprint density at radius 3 is 2.51 bits per heavy atom. The van der Waals surface area contributed by atoms with Crippen LogP contribution in [-0.2, 0) is 30.5 Å². The molecule has 1 aliphatic heterocycles. The highest BCUT2D eigenvalue weighted by atomic mass is 19.4. The molecule has 0 aromatic heterocycles. The number of alkyl halides is 3. The first-order valence-corrected chi connectivity index (χ1v) is 11.1. The molecule has 182 valence electrons. The molecule has 8 heteroatoms. The molecule has 1 heterocycles. The number of fused-ring (bicyclic) bond motifs is 1. The van der Waals surface area contributed by atoms with E-state index in [1.54, 1.807) is 37.3 Å². The second kappa shape index (κ2) is 9.44. The van der Waals surface area contributed by atoms with Gasteiger partial charge >= 0.3 is 6.18 Å². The van der Waals surface area contributed by atoms with Gasteiger partial charge in [-0.05, 0) is 42.3 Å². The summed E-state index contributed by atoms with van der Waals surface area (Å²) in [6.07, 6.45) is -4.28. The van der Waals surface area contributed by atoms with E-state index in [9.17, 15) is 22.8 Å². The number of rotatable bonds is 6. The average Bonchev–Trinajstić information content (AvgIpc) is 2.85. The summed E-state index contributed by atoms with van der Waals surface area (Å²) >= 11 is 0. The highest BCUT2D eigenvalue weighted by Gasteiger charge is 2.46. The summed E-state index contributed by atoms with van der Waals surface area (Å²) < 4.78 is 45.1. The predicted molar refractivity (Wildman–Crippen MR) is 125 cm³/mol. The smallest absolute Gasteiger partial charge is 0.416 e. The monoisotopic (exact) mass is 482 g/mol. The van der Waals surface area contributed by atoms with Crippen molar-refractivity contribution < 1.29 is 27.5 Å². The Kier molecular flexibility index (Phi) is 6.56. The second-order valence-corrected chi connectivity index (χ2v) is 8.69. The van der Waals surface area contributed by atoms with Gasteiger partial charge in [0.2, 0.25) is 5.91 Å². The lowest BCUT2D eigenvalue weighted by Crippen LogP contribution is -2.62. The van der Waals surface area contributed by atoms with Crippen LogP contribution in [0.1, 0.15) is 39.5 Å². The van der Waals surface area contributed by atoms with E-state index < -0.39 is 29.1 Å². The van der Waals surface area contributed by atoms with Gasteiger partial charge < -0.3 is 15.0 Å². The fraction of sp³-hybridized carbons (Fsp3) is 0.259. The van der Waals surface area contributed by atoms with Gasteiger partial charge in [0.05, 0.1) is 12.7 Å². The number of hydrogen-bond acceptors (Lipinski definition) is 3. The number of halogens is 3. The molecule has 0 radical (unpaired) electrons. The Bertz CT molecular complexity index is 1260. The number of nitrogens with zero attached hydrogens (tertiary/aromatic N) is 1. The number of para-hydroxylation sites is 1. The quantitative estimate of drug-likeness (QED) is 0.539. The summed E-state index contributed by atoms with van der Waals surface area (Å²) in [4.78, 5) is 28.4. The zero-order chi connectivity index (χ0) is 25.2. The van der Waals surface area contributed by atoms with Crippen molar-refractivity contribution in [3.63, 3.8) is 0 Å². The molecule has 1 N–H and O–H groups in total.